The Hall–Kier alpha value is -2.98. The number of ether oxygens (including phenoxy) is 2. The van der Waals surface area contributed by atoms with Crippen LogP contribution in [0.15, 0.2) is 65.8 Å². The summed E-state index contributed by atoms with van der Waals surface area (Å²) in [5.41, 5.74) is 2.29. The number of halogens is 3. The third-order valence-corrected chi connectivity index (χ3v) is 7.41. The Labute approximate surface area is 239 Å². The molecule has 0 N–H and O–H groups in total. The molecule has 0 fully saturated rings. The van der Waals surface area contributed by atoms with E-state index in [2.05, 4.69) is 10.2 Å². The average Bonchev–Trinajstić information content (AvgIpc) is 3.24. The molecular weight excluding hydrogens is 571 g/mol. The van der Waals surface area contributed by atoms with Crippen LogP contribution in [0.25, 0.3) is 5.69 Å². The zero-order valence-corrected chi connectivity index (χ0v) is 23.5. The lowest BCUT2D eigenvalue weighted by molar-refractivity contribution is -0.479. The van der Waals surface area contributed by atoms with Gasteiger partial charge in [-0.15, -0.1) is 10.2 Å². The number of nitrogens with zero attached hydrogens (tertiary/aromatic N) is 4. The summed E-state index contributed by atoms with van der Waals surface area (Å²) in [4.78, 5) is 11.3. The molecule has 0 aliphatic carbocycles. The SMILES string of the molecule is CCOc1cc([C@H](C[N+](=O)[O-])Sc2nnc(C)n2-c2ccc(Cl)cc2)cc(Cl)c1OCc1ccc(Cl)cc1. The fraction of sp³-hybridized carbons (Fsp3) is 0.231. The van der Waals surface area contributed by atoms with Crippen molar-refractivity contribution in [2.24, 2.45) is 0 Å². The summed E-state index contributed by atoms with van der Waals surface area (Å²) in [7, 11) is 0. The number of nitro groups is 1. The summed E-state index contributed by atoms with van der Waals surface area (Å²) >= 11 is 19.9. The fourth-order valence-electron chi connectivity index (χ4n) is 3.69. The maximum absolute atomic E-state index is 11.7. The van der Waals surface area contributed by atoms with Crippen molar-refractivity contribution in [2.45, 2.75) is 30.9 Å². The van der Waals surface area contributed by atoms with Gasteiger partial charge in [-0.1, -0.05) is 58.7 Å². The molecule has 3 aromatic carbocycles. The standard InChI is InChI=1S/C26H23Cl3N4O4S/c1-3-36-23-13-18(12-22(29)25(23)37-15-17-4-6-19(27)7-5-17)24(14-32(34)35)38-26-31-30-16(2)33(26)21-10-8-20(28)9-11-21/h4-13,24H,3,14-15H2,1-2H3/t24-/m0/s1. The van der Waals surface area contributed by atoms with Crippen molar-refractivity contribution in [2.75, 3.05) is 13.2 Å². The summed E-state index contributed by atoms with van der Waals surface area (Å²) < 4.78 is 13.6. The van der Waals surface area contributed by atoms with E-state index in [1.54, 1.807) is 36.4 Å². The second-order valence-corrected chi connectivity index (χ2v) is 10.6. The molecule has 1 atom stereocenters. The van der Waals surface area contributed by atoms with Crippen molar-refractivity contribution in [1.82, 2.24) is 14.8 Å². The van der Waals surface area contributed by atoms with Gasteiger partial charge in [0.25, 0.3) is 0 Å². The van der Waals surface area contributed by atoms with Crippen molar-refractivity contribution in [3.63, 3.8) is 0 Å². The Morgan fingerprint density at radius 2 is 1.66 bits per heavy atom. The molecule has 0 spiro atoms. The smallest absolute Gasteiger partial charge is 0.220 e. The van der Waals surface area contributed by atoms with E-state index < -0.39 is 5.25 Å². The number of thioether (sulfide) groups is 1. The van der Waals surface area contributed by atoms with E-state index >= 15 is 0 Å². The third kappa shape index (κ3) is 6.91. The number of benzene rings is 3. The number of aryl methyl sites for hydroxylation is 1. The van der Waals surface area contributed by atoms with Crippen LogP contribution in [0.5, 0.6) is 11.5 Å². The molecule has 198 valence electrons. The van der Waals surface area contributed by atoms with Crippen LogP contribution in [0.1, 0.15) is 29.1 Å². The molecule has 8 nitrogen and oxygen atoms in total. The quantitative estimate of drug-likeness (QED) is 0.100. The van der Waals surface area contributed by atoms with Crippen molar-refractivity contribution in [3.05, 3.63) is 103 Å². The van der Waals surface area contributed by atoms with Gasteiger partial charge in [-0.05, 0) is 73.5 Å². The van der Waals surface area contributed by atoms with Crippen molar-refractivity contribution in [3.8, 4) is 17.2 Å². The van der Waals surface area contributed by atoms with Crippen molar-refractivity contribution >= 4 is 46.6 Å². The molecule has 0 aliphatic rings. The monoisotopic (exact) mass is 592 g/mol. The van der Waals surface area contributed by atoms with E-state index in [4.69, 9.17) is 44.3 Å². The molecule has 0 unspecified atom stereocenters. The molecule has 0 aliphatic heterocycles. The van der Waals surface area contributed by atoms with Crippen LogP contribution in [0.2, 0.25) is 15.1 Å². The maximum atomic E-state index is 11.7. The molecule has 4 rings (SSSR count). The van der Waals surface area contributed by atoms with E-state index in [0.717, 1.165) is 11.3 Å². The van der Waals surface area contributed by atoms with Crippen molar-refractivity contribution < 1.29 is 14.4 Å². The highest BCUT2D eigenvalue weighted by molar-refractivity contribution is 7.99. The molecule has 0 bridgehead atoms. The number of hydrogen-bond donors (Lipinski definition) is 0. The number of rotatable bonds is 11. The van der Waals surface area contributed by atoms with Gasteiger partial charge >= 0.3 is 0 Å². The molecule has 4 aromatic rings. The molecule has 0 amide bonds. The molecule has 1 aromatic heterocycles. The summed E-state index contributed by atoms with van der Waals surface area (Å²) in [5.74, 6) is 1.39. The van der Waals surface area contributed by atoms with Gasteiger partial charge in [-0.3, -0.25) is 14.7 Å². The van der Waals surface area contributed by atoms with Gasteiger partial charge in [0.15, 0.2) is 16.7 Å². The lowest BCUT2D eigenvalue weighted by Crippen LogP contribution is -2.12. The average molecular weight is 594 g/mol. The van der Waals surface area contributed by atoms with Crippen LogP contribution in [-0.2, 0) is 6.61 Å². The first-order valence-corrected chi connectivity index (χ1v) is 13.6. The van der Waals surface area contributed by atoms with Gasteiger partial charge in [-0.25, -0.2) is 0 Å². The van der Waals surface area contributed by atoms with Gasteiger partial charge in [0.1, 0.15) is 17.7 Å². The lowest BCUT2D eigenvalue weighted by atomic mass is 10.1. The highest BCUT2D eigenvalue weighted by Crippen LogP contribution is 2.43. The summed E-state index contributed by atoms with van der Waals surface area (Å²) in [6.45, 7) is 3.88. The van der Waals surface area contributed by atoms with Gasteiger partial charge in [0, 0.05) is 20.7 Å². The van der Waals surface area contributed by atoms with Crippen LogP contribution in [0, 0.1) is 17.0 Å². The predicted octanol–water partition coefficient (Wildman–Crippen LogP) is 7.62. The topological polar surface area (TPSA) is 92.3 Å². The Balaban J connectivity index is 1.66. The van der Waals surface area contributed by atoms with E-state index in [1.165, 1.54) is 11.8 Å². The molecule has 0 saturated carbocycles. The second kappa shape index (κ2) is 12.7. The Morgan fingerprint density at radius 3 is 2.29 bits per heavy atom. The fourth-order valence-corrected chi connectivity index (χ4v) is 5.37. The van der Waals surface area contributed by atoms with E-state index in [9.17, 15) is 10.1 Å². The summed E-state index contributed by atoms with van der Waals surface area (Å²) in [6.07, 6.45) is 0. The minimum atomic E-state index is -0.637. The minimum absolute atomic E-state index is 0.243. The van der Waals surface area contributed by atoms with Crippen molar-refractivity contribution in [1.29, 1.82) is 0 Å². The van der Waals surface area contributed by atoms with Crippen LogP contribution in [-0.4, -0.2) is 32.8 Å². The molecule has 0 radical (unpaired) electrons. The van der Waals surface area contributed by atoms with Gasteiger partial charge in [0.05, 0.1) is 11.6 Å². The van der Waals surface area contributed by atoms with E-state index in [-0.39, 0.29) is 23.1 Å². The molecule has 0 saturated heterocycles. The zero-order chi connectivity index (χ0) is 27.2. The maximum Gasteiger partial charge on any atom is 0.220 e. The lowest BCUT2D eigenvalue weighted by Gasteiger charge is -2.19. The Bertz CT molecular complexity index is 1420. The highest BCUT2D eigenvalue weighted by Gasteiger charge is 2.26. The minimum Gasteiger partial charge on any atom is -0.490 e. The first-order valence-electron chi connectivity index (χ1n) is 11.5. The van der Waals surface area contributed by atoms with Crippen LogP contribution >= 0.6 is 46.6 Å². The first-order chi connectivity index (χ1) is 18.2. The molecule has 12 heteroatoms. The van der Waals surface area contributed by atoms with Gasteiger partial charge < -0.3 is 9.47 Å². The zero-order valence-electron chi connectivity index (χ0n) is 20.4. The molecule has 38 heavy (non-hydrogen) atoms. The normalized spacial score (nSPS) is 11.8. The second-order valence-electron chi connectivity index (χ2n) is 8.14. The van der Waals surface area contributed by atoms with Gasteiger partial charge in [0.2, 0.25) is 6.54 Å². The molecule has 1 heterocycles. The van der Waals surface area contributed by atoms with E-state index in [1.807, 2.05) is 42.7 Å². The van der Waals surface area contributed by atoms with Crippen LogP contribution < -0.4 is 9.47 Å². The number of hydrogen-bond acceptors (Lipinski definition) is 7. The van der Waals surface area contributed by atoms with Gasteiger partial charge in [-0.2, -0.15) is 0 Å². The van der Waals surface area contributed by atoms with Crippen LogP contribution in [0.4, 0.5) is 0 Å². The predicted molar refractivity (Wildman–Crippen MR) is 150 cm³/mol. The number of aromatic nitrogens is 3. The largest absolute Gasteiger partial charge is 0.490 e. The van der Waals surface area contributed by atoms with E-state index in [0.29, 0.717) is 44.7 Å². The Kier molecular flexibility index (Phi) is 9.38. The highest BCUT2D eigenvalue weighted by atomic mass is 35.5. The first kappa shape index (κ1) is 28.0. The van der Waals surface area contributed by atoms with Crippen LogP contribution in [0.3, 0.4) is 0 Å². The summed E-state index contributed by atoms with van der Waals surface area (Å²) in [5, 5.41) is 21.5. The third-order valence-electron chi connectivity index (χ3n) is 5.44. The summed E-state index contributed by atoms with van der Waals surface area (Å²) in [6, 6.07) is 17.8. The molecular formula is C26H23Cl3N4O4S. The Morgan fingerprint density at radius 1 is 1.00 bits per heavy atom.